The van der Waals surface area contributed by atoms with Gasteiger partial charge in [0.1, 0.15) is 0 Å². The molecule has 0 radical (unpaired) electrons. The highest BCUT2D eigenvalue weighted by Gasteiger charge is 2.10. The number of benzene rings is 2. The van der Waals surface area contributed by atoms with Gasteiger partial charge < -0.3 is 20.5 Å². The lowest BCUT2D eigenvalue weighted by molar-refractivity contribution is -0.120. The Hall–Kier alpha value is -3.10. The number of urea groups is 1. The first-order valence-corrected chi connectivity index (χ1v) is 9.36. The van der Waals surface area contributed by atoms with Crippen LogP contribution in [0.1, 0.15) is 11.5 Å². The molecule has 0 aliphatic carbocycles. The van der Waals surface area contributed by atoms with Crippen molar-refractivity contribution >= 4 is 35.1 Å². The SMILES string of the molecule is O=C(CNC(=O)NCc1ccc(Cl)cc1)NCc1nc(-c2ccc(Cl)cc2)no1. The van der Waals surface area contributed by atoms with Gasteiger partial charge >= 0.3 is 6.03 Å². The Kier molecular flexibility index (Phi) is 7.04. The molecule has 8 nitrogen and oxygen atoms in total. The van der Waals surface area contributed by atoms with Crippen molar-refractivity contribution in [3.05, 3.63) is 70.0 Å². The van der Waals surface area contributed by atoms with Gasteiger partial charge in [-0.2, -0.15) is 4.98 Å². The van der Waals surface area contributed by atoms with Gasteiger partial charge in [0.25, 0.3) is 0 Å². The summed E-state index contributed by atoms with van der Waals surface area (Å²) in [6.07, 6.45) is 0. The van der Waals surface area contributed by atoms with Gasteiger partial charge in [0.2, 0.25) is 17.6 Å². The fraction of sp³-hybridized carbons (Fsp3) is 0.158. The van der Waals surface area contributed by atoms with Crippen molar-refractivity contribution in [1.82, 2.24) is 26.1 Å². The van der Waals surface area contributed by atoms with Crippen molar-refractivity contribution < 1.29 is 14.1 Å². The number of halogens is 2. The van der Waals surface area contributed by atoms with Crippen LogP contribution in [-0.4, -0.2) is 28.6 Å². The van der Waals surface area contributed by atoms with Gasteiger partial charge in [-0.3, -0.25) is 4.79 Å². The number of carbonyl (C=O) groups excluding carboxylic acids is 2. The normalized spacial score (nSPS) is 10.4. The first-order valence-electron chi connectivity index (χ1n) is 8.61. The van der Waals surface area contributed by atoms with Gasteiger partial charge in [-0.15, -0.1) is 0 Å². The third-order valence-corrected chi connectivity index (χ3v) is 4.29. The summed E-state index contributed by atoms with van der Waals surface area (Å²) >= 11 is 11.7. The topological polar surface area (TPSA) is 109 Å². The van der Waals surface area contributed by atoms with Crippen LogP contribution in [0.15, 0.2) is 53.1 Å². The molecule has 3 aromatic rings. The molecule has 1 aromatic heterocycles. The summed E-state index contributed by atoms with van der Waals surface area (Å²) in [7, 11) is 0. The summed E-state index contributed by atoms with van der Waals surface area (Å²) in [6.45, 7) is 0.179. The van der Waals surface area contributed by atoms with Crippen LogP contribution in [0.4, 0.5) is 4.79 Å². The summed E-state index contributed by atoms with van der Waals surface area (Å²) in [5.41, 5.74) is 1.64. The van der Waals surface area contributed by atoms with E-state index in [0.717, 1.165) is 11.1 Å². The molecule has 150 valence electrons. The van der Waals surface area contributed by atoms with Crippen LogP contribution >= 0.6 is 23.2 Å². The smallest absolute Gasteiger partial charge is 0.315 e. The van der Waals surface area contributed by atoms with E-state index in [0.29, 0.717) is 22.4 Å². The molecule has 1 heterocycles. The summed E-state index contributed by atoms with van der Waals surface area (Å²) < 4.78 is 5.10. The van der Waals surface area contributed by atoms with E-state index >= 15 is 0 Å². The maximum atomic E-state index is 11.9. The molecule has 0 saturated carbocycles. The molecule has 3 rings (SSSR count). The van der Waals surface area contributed by atoms with Gasteiger partial charge in [-0.1, -0.05) is 40.5 Å². The Morgan fingerprint density at radius 1 is 0.862 bits per heavy atom. The first kappa shape index (κ1) is 20.6. The molecule has 29 heavy (non-hydrogen) atoms. The largest absolute Gasteiger partial charge is 0.345 e. The van der Waals surface area contributed by atoms with Crippen LogP contribution in [0.5, 0.6) is 0 Å². The fourth-order valence-electron chi connectivity index (χ4n) is 2.29. The molecule has 2 aromatic carbocycles. The van der Waals surface area contributed by atoms with Crippen molar-refractivity contribution in [1.29, 1.82) is 0 Å². The van der Waals surface area contributed by atoms with Crippen molar-refractivity contribution in [2.45, 2.75) is 13.1 Å². The highest BCUT2D eigenvalue weighted by molar-refractivity contribution is 6.30. The van der Waals surface area contributed by atoms with Crippen molar-refractivity contribution in [2.24, 2.45) is 0 Å². The molecule has 0 saturated heterocycles. The molecule has 10 heteroatoms. The quantitative estimate of drug-likeness (QED) is 0.529. The maximum absolute atomic E-state index is 11.9. The molecular weight excluding hydrogens is 417 g/mol. The van der Waals surface area contributed by atoms with Crippen LogP contribution in [0.3, 0.4) is 0 Å². The van der Waals surface area contributed by atoms with E-state index in [1.807, 2.05) is 0 Å². The number of aromatic nitrogens is 2. The summed E-state index contributed by atoms with van der Waals surface area (Å²) in [5, 5.41) is 12.8. The fourth-order valence-corrected chi connectivity index (χ4v) is 2.54. The second-order valence-electron chi connectivity index (χ2n) is 5.96. The van der Waals surface area contributed by atoms with Crippen LogP contribution in [0, 0.1) is 0 Å². The molecule has 3 amide bonds. The Morgan fingerprint density at radius 2 is 1.52 bits per heavy atom. The minimum atomic E-state index is -0.460. The van der Waals surface area contributed by atoms with Crippen molar-refractivity contribution in [3.63, 3.8) is 0 Å². The third-order valence-electron chi connectivity index (χ3n) is 3.78. The predicted molar refractivity (Wildman–Crippen MR) is 108 cm³/mol. The lowest BCUT2D eigenvalue weighted by atomic mass is 10.2. The predicted octanol–water partition coefficient (Wildman–Crippen LogP) is 3.16. The van der Waals surface area contributed by atoms with Gasteiger partial charge in [0, 0.05) is 22.2 Å². The van der Waals surface area contributed by atoms with Gasteiger partial charge in [0.15, 0.2) is 0 Å². The second-order valence-corrected chi connectivity index (χ2v) is 6.83. The minimum Gasteiger partial charge on any atom is -0.345 e. The molecular formula is C19H17Cl2N5O3. The highest BCUT2D eigenvalue weighted by atomic mass is 35.5. The standard InChI is InChI=1S/C19H17Cl2N5O3/c20-14-5-1-12(2-6-14)9-23-19(28)24-10-16(27)22-11-17-25-18(26-29-17)13-3-7-15(21)8-4-13/h1-8H,9-11H2,(H,22,27)(H2,23,24,28). The van der Waals surface area contributed by atoms with E-state index in [9.17, 15) is 9.59 Å². The Labute approximate surface area is 176 Å². The zero-order valence-corrected chi connectivity index (χ0v) is 16.6. The van der Waals surface area contributed by atoms with E-state index in [-0.39, 0.29) is 19.0 Å². The summed E-state index contributed by atoms with van der Waals surface area (Å²) in [6, 6.07) is 13.6. The highest BCUT2D eigenvalue weighted by Crippen LogP contribution is 2.18. The number of nitrogens with one attached hydrogen (secondary N) is 3. The minimum absolute atomic E-state index is 0.0491. The molecule has 0 fully saturated rings. The summed E-state index contributed by atoms with van der Waals surface area (Å²) in [5.74, 6) is 0.249. The molecule has 0 bridgehead atoms. The van der Waals surface area contributed by atoms with Crippen molar-refractivity contribution in [2.75, 3.05) is 6.54 Å². The molecule has 0 unspecified atom stereocenters. The average molecular weight is 434 g/mol. The van der Waals surface area contributed by atoms with Gasteiger partial charge in [-0.05, 0) is 42.0 Å². The zero-order chi connectivity index (χ0) is 20.6. The van der Waals surface area contributed by atoms with Crippen LogP contribution < -0.4 is 16.0 Å². The molecule has 0 aliphatic rings. The van der Waals surface area contributed by atoms with E-state index in [1.54, 1.807) is 48.5 Å². The average Bonchev–Trinajstić information content (AvgIpc) is 3.20. The zero-order valence-electron chi connectivity index (χ0n) is 15.1. The molecule has 0 atom stereocenters. The van der Waals surface area contributed by atoms with E-state index in [2.05, 4.69) is 26.1 Å². The number of carbonyl (C=O) groups is 2. The van der Waals surface area contributed by atoms with Crippen LogP contribution in [0.25, 0.3) is 11.4 Å². The van der Waals surface area contributed by atoms with E-state index < -0.39 is 11.9 Å². The lowest BCUT2D eigenvalue weighted by Crippen LogP contribution is -2.41. The lowest BCUT2D eigenvalue weighted by Gasteiger charge is -2.07. The molecule has 0 aliphatic heterocycles. The van der Waals surface area contributed by atoms with E-state index in [1.165, 1.54) is 0 Å². The number of hydrogen-bond donors (Lipinski definition) is 3. The number of nitrogens with zero attached hydrogens (tertiary/aromatic N) is 2. The number of hydrogen-bond acceptors (Lipinski definition) is 5. The Bertz CT molecular complexity index is 974. The number of rotatable bonds is 7. The van der Waals surface area contributed by atoms with Gasteiger partial charge in [0.05, 0.1) is 13.1 Å². The number of amides is 3. The molecule has 0 spiro atoms. The van der Waals surface area contributed by atoms with E-state index in [4.69, 9.17) is 27.7 Å². The monoisotopic (exact) mass is 433 g/mol. The Balaban J connectivity index is 1.38. The van der Waals surface area contributed by atoms with Crippen LogP contribution in [0.2, 0.25) is 10.0 Å². The van der Waals surface area contributed by atoms with Crippen molar-refractivity contribution in [3.8, 4) is 11.4 Å². The maximum Gasteiger partial charge on any atom is 0.315 e. The van der Waals surface area contributed by atoms with Gasteiger partial charge in [-0.25, -0.2) is 4.79 Å². The third kappa shape index (κ3) is 6.48. The summed E-state index contributed by atoms with van der Waals surface area (Å²) in [4.78, 5) is 27.8. The molecule has 3 N–H and O–H groups in total. The first-order chi connectivity index (χ1) is 14.0. The van der Waals surface area contributed by atoms with Crippen LogP contribution in [-0.2, 0) is 17.9 Å². The second kappa shape index (κ2) is 9.90. The Morgan fingerprint density at radius 3 is 2.21 bits per heavy atom.